The van der Waals surface area contributed by atoms with Crippen LogP contribution in [0.2, 0.25) is 0 Å². The van der Waals surface area contributed by atoms with Crippen LogP contribution in [0.15, 0.2) is 36.9 Å². The molecule has 2 amide bonds. The van der Waals surface area contributed by atoms with Gasteiger partial charge in [0.05, 0.1) is 5.60 Å². The second-order valence-electron chi connectivity index (χ2n) is 5.73. The van der Waals surface area contributed by atoms with Gasteiger partial charge in [-0.25, -0.2) is 0 Å². The molecule has 0 aromatic heterocycles. The number of aliphatic hydroxyl groups is 1. The Labute approximate surface area is 130 Å². The summed E-state index contributed by atoms with van der Waals surface area (Å²) in [5.74, 6) is -0.423. The minimum atomic E-state index is -0.745. The maximum Gasteiger partial charge on any atom is 0.251 e. The van der Waals surface area contributed by atoms with Crippen LogP contribution in [0.25, 0.3) is 0 Å². The molecule has 2 rings (SSSR count). The molecule has 0 radical (unpaired) electrons. The summed E-state index contributed by atoms with van der Waals surface area (Å²) < 4.78 is 0. The number of benzene rings is 1. The number of hydrogen-bond donors (Lipinski definition) is 3. The van der Waals surface area contributed by atoms with Crippen LogP contribution < -0.4 is 10.6 Å². The Kier molecular flexibility index (Phi) is 5.33. The van der Waals surface area contributed by atoms with E-state index in [1.807, 2.05) is 0 Å². The SMILES string of the molecule is C=CC(=O)NCc1ccc(C(=O)NCC2(O)CCCC2)cc1. The molecule has 118 valence electrons. The summed E-state index contributed by atoms with van der Waals surface area (Å²) in [5, 5.41) is 15.7. The molecule has 3 N–H and O–H groups in total. The van der Waals surface area contributed by atoms with E-state index in [2.05, 4.69) is 17.2 Å². The summed E-state index contributed by atoms with van der Waals surface area (Å²) in [6, 6.07) is 7.01. The largest absolute Gasteiger partial charge is 0.388 e. The second kappa shape index (κ2) is 7.22. The topological polar surface area (TPSA) is 78.4 Å². The quantitative estimate of drug-likeness (QED) is 0.697. The molecule has 22 heavy (non-hydrogen) atoms. The van der Waals surface area contributed by atoms with Crippen LogP contribution in [0.3, 0.4) is 0 Å². The predicted octanol–water partition coefficient (Wildman–Crippen LogP) is 1.52. The molecule has 0 atom stereocenters. The van der Waals surface area contributed by atoms with E-state index in [-0.39, 0.29) is 11.8 Å². The standard InChI is InChI=1S/C17H22N2O3/c1-2-15(20)18-11-13-5-7-14(8-6-13)16(21)19-12-17(22)9-3-4-10-17/h2,5-8,22H,1,3-4,9-12H2,(H,18,20)(H,19,21). The summed E-state index contributed by atoms with van der Waals surface area (Å²) in [4.78, 5) is 23.1. The molecule has 0 aliphatic heterocycles. The Morgan fingerprint density at radius 2 is 1.82 bits per heavy atom. The van der Waals surface area contributed by atoms with Gasteiger partial charge in [0, 0.05) is 18.7 Å². The van der Waals surface area contributed by atoms with E-state index in [4.69, 9.17) is 0 Å². The van der Waals surface area contributed by atoms with Crippen molar-refractivity contribution in [1.29, 1.82) is 0 Å². The van der Waals surface area contributed by atoms with Gasteiger partial charge in [0.15, 0.2) is 0 Å². The Bertz CT molecular complexity index is 546. The highest BCUT2D eigenvalue weighted by molar-refractivity contribution is 5.94. The van der Waals surface area contributed by atoms with Crippen molar-refractivity contribution in [1.82, 2.24) is 10.6 Å². The Balaban J connectivity index is 1.85. The van der Waals surface area contributed by atoms with Gasteiger partial charge in [-0.2, -0.15) is 0 Å². The summed E-state index contributed by atoms with van der Waals surface area (Å²) in [6.07, 6.45) is 4.73. The number of carbonyl (C=O) groups excluding carboxylic acids is 2. The highest BCUT2D eigenvalue weighted by Crippen LogP contribution is 2.28. The van der Waals surface area contributed by atoms with Crippen molar-refractivity contribution in [3.63, 3.8) is 0 Å². The van der Waals surface area contributed by atoms with Gasteiger partial charge in [-0.3, -0.25) is 9.59 Å². The first-order valence-electron chi connectivity index (χ1n) is 7.52. The van der Waals surface area contributed by atoms with Crippen LogP contribution in [-0.2, 0) is 11.3 Å². The molecule has 0 unspecified atom stereocenters. The number of hydrogen-bond acceptors (Lipinski definition) is 3. The van der Waals surface area contributed by atoms with Gasteiger partial charge < -0.3 is 15.7 Å². The van der Waals surface area contributed by atoms with Gasteiger partial charge in [0.25, 0.3) is 5.91 Å². The van der Waals surface area contributed by atoms with Crippen molar-refractivity contribution >= 4 is 11.8 Å². The summed E-state index contributed by atoms with van der Waals surface area (Å²) in [5.41, 5.74) is 0.700. The first kappa shape index (κ1) is 16.2. The highest BCUT2D eigenvalue weighted by Gasteiger charge is 2.31. The number of amides is 2. The van der Waals surface area contributed by atoms with Crippen molar-refractivity contribution < 1.29 is 14.7 Å². The number of nitrogens with one attached hydrogen (secondary N) is 2. The van der Waals surface area contributed by atoms with Crippen molar-refractivity contribution in [2.24, 2.45) is 0 Å². The number of rotatable bonds is 6. The molecule has 5 heteroatoms. The van der Waals surface area contributed by atoms with Crippen LogP contribution in [0, 0.1) is 0 Å². The van der Waals surface area contributed by atoms with Crippen LogP contribution in [-0.4, -0.2) is 29.1 Å². The smallest absolute Gasteiger partial charge is 0.251 e. The molecule has 0 spiro atoms. The lowest BCUT2D eigenvalue weighted by molar-refractivity contribution is -0.116. The monoisotopic (exact) mass is 302 g/mol. The van der Waals surface area contributed by atoms with Gasteiger partial charge in [0.1, 0.15) is 0 Å². The van der Waals surface area contributed by atoms with Gasteiger partial charge in [0.2, 0.25) is 5.91 Å². The molecule has 1 aromatic carbocycles. The van der Waals surface area contributed by atoms with Crippen LogP contribution in [0.4, 0.5) is 0 Å². The summed E-state index contributed by atoms with van der Waals surface area (Å²) in [6.45, 7) is 4.07. The van der Waals surface area contributed by atoms with E-state index < -0.39 is 5.60 Å². The summed E-state index contributed by atoms with van der Waals surface area (Å²) >= 11 is 0. The molecular weight excluding hydrogens is 280 g/mol. The average molecular weight is 302 g/mol. The molecule has 1 fully saturated rings. The van der Waals surface area contributed by atoms with Crippen molar-refractivity contribution in [2.75, 3.05) is 6.54 Å². The van der Waals surface area contributed by atoms with Crippen LogP contribution in [0.1, 0.15) is 41.6 Å². The van der Waals surface area contributed by atoms with Gasteiger partial charge in [-0.1, -0.05) is 31.6 Å². The van der Waals surface area contributed by atoms with Gasteiger partial charge in [-0.15, -0.1) is 0 Å². The molecule has 1 aliphatic carbocycles. The Morgan fingerprint density at radius 1 is 1.18 bits per heavy atom. The molecule has 1 aromatic rings. The molecule has 0 heterocycles. The lowest BCUT2D eigenvalue weighted by atomic mass is 10.0. The fourth-order valence-corrected chi connectivity index (χ4v) is 2.59. The van der Waals surface area contributed by atoms with E-state index in [1.165, 1.54) is 6.08 Å². The third-order valence-corrected chi connectivity index (χ3v) is 3.98. The molecular formula is C17H22N2O3. The first-order chi connectivity index (χ1) is 10.5. The molecule has 1 saturated carbocycles. The lowest BCUT2D eigenvalue weighted by Crippen LogP contribution is -2.40. The minimum absolute atomic E-state index is 0.193. The van der Waals surface area contributed by atoms with E-state index in [9.17, 15) is 14.7 Å². The molecule has 5 nitrogen and oxygen atoms in total. The van der Waals surface area contributed by atoms with E-state index in [0.29, 0.717) is 18.7 Å². The zero-order valence-corrected chi connectivity index (χ0v) is 12.6. The third kappa shape index (κ3) is 4.43. The normalized spacial score (nSPS) is 16.0. The molecule has 0 saturated heterocycles. The van der Waals surface area contributed by atoms with Crippen molar-refractivity contribution in [3.05, 3.63) is 48.0 Å². The maximum absolute atomic E-state index is 12.1. The fourth-order valence-electron chi connectivity index (χ4n) is 2.59. The minimum Gasteiger partial charge on any atom is -0.388 e. The summed E-state index contributed by atoms with van der Waals surface area (Å²) in [7, 11) is 0. The zero-order chi connectivity index (χ0) is 16.0. The third-order valence-electron chi connectivity index (χ3n) is 3.98. The zero-order valence-electron chi connectivity index (χ0n) is 12.6. The fraction of sp³-hybridized carbons (Fsp3) is 0.412. The lowest BCUT2D eigenvalue weighted by Gasteiger charge is -2.22. The van der Waals surface area contributed by atoms with Crippen LogP contribution >= 0.6 is 0 Å². The average Bonchev–Trinajstić information content (AvgIpc) is 2.98. The Hall–Kier alpha value is -2.14. The second-order valence-corrected chi connectivity index (χ2v) is 5.73. The van der Waals surface area contributed by atoms with E-state index >= 15 is 0 Å². The predicted molar refractivity (Wildman–Crippen MR) is 84.2 cm³/mol. The van der Waals surface area contributed by atoms with E-state index in [1.54, 1.807) is 24.3 Å². The van der Waals surface area contributed by atoms with Gasteiger partial charge >= 0.3 is 0 Å². The highest BCUT2D eigenvalue weighted by atomic mass is 16.3. The molecule has 0 bridgehead atoms. The maximum atomic E-state index is 12.1. The first-order valence-corrected chi connectivity index (χ1v) is 7.52. The van der Waals surface area contributed by atoms with Crippen molar-refractivity contribution in [2.45, 2.75) is 37.8 Å². The number of carbonyl (C=O) groups is 2. The molecule has 1 aliphatic rings. The Morgan fingerprint density at radius 3 is 2.41 bits per heavy atom. The van der Waals surface area contributed by atoms with Crippen LogP contribution in [0.5, 0.6) is 0 Å². The van der Waals surface area contributed by atoms with Gasteiger partial charge in [-0.05, 0) is 36.6 Å². The van der Waals surface area contributed by atoms with Crippen molar-refractivity contribution in [3.8, 4) is 0 Å². The van der Waals surface area contributed by atoms with E-state index in [0.717, 1.165) is 31.2 Å².